The molecule has 0 aliphatic rings. The summed E-state index contributed by atoms with van der Waals surface area (Å²) in [5.41, 5.74) is 0. The molecule has 0 saturated heterocycles. The van der Waals surface area contributed by atoms with Crippen LogP contribution in [0.2, 0.25) is 0 Å². The van der Waals surface area contributed by atoms with Crippen LogP contribution >= 0.6 is 17.0 Å². The van der Waals surface area contributed by atoms with Crippen LogP contribution in [0.4, 0.5) is 0 Å². The third-order valence-corrected chi connectivity index (χ3v) is 1.60. The molecular formula is C5H5BrNZn. The van der Waals surface area contributed by atoms with Gasteiger partial charge >= 0.3 is 52.0 Å². The summed E-state index contributed by atoms with van der Waals surface area (Å²) in [6.45, 7) is 0. The topological polar surface area (TPSA) is 12.9 Å². The van der Waals surface area contributed by atoms with Gasteiger partial charge in [0, 0.05) is 0 Å². The number of rotatable bonds is 0. The van der Waals surface area contributed by atoms with Crippen LogP contribution in [0.1, 0.15) is 0 Å². The molecule has 0 N–H and O–H groups in total. The molecule has 0 unspecified atom stereocenters. The predicted octanol–water partition coefficient (Wildman–Crippen LogP) is 0.832. The molecule has 0 atom stereocenters. The van der Waals surface area contributed by atoms with E-state index < -0.39 is 0 Å². The van der Waals surface area contributed by atoms with Gasteiger partial charge in [0.05, 0.1) is 0 Å². The van der Waals surface area contributed by atoms with Crippen LogP contribution in [-0.2, 0) is 18.3 Å². The van der Waals surface area contributed by atoms with Gasteiger partial charge in [-0.05, 0) is 0 Å². The molecule has 0 bridgehead atoms. The summed E-state index contributed by atoms with van der Waals surface area (Å²) in [7, 11) is 0. The Morgan fingerprint density at radius 1 is 1.38 bits per heavy atom. The van der Waals surface area contributed by atoms with E-state index in [4.69, 9.17) is 0 Å². The summed E-state index contributed by atoms with van der Waals surface area (Å²) in [5, 5.41) is 0. The molecule has 0 aliphatic carbocycles. The fraction of sp³-hybridized carbons (Fsp3) is 0. The van der Waals surface area contributed by atoms with E-state index in [9.17, 15) is 0 Å². The van der Waals surface area contributed by atoms with E-state index in [0.717, 1.165) is 18.3 Å². The summed E-state index contributed by atoms with van der Waals surface area (Å²) >= 11 is 1.15. The van der Waals surface area contributed by atoms with E-state index in [1.54, 1.807) is 0 Å². The molecule has 39 valence electrons. The summed E-state index contributed by atoms with van der Waals surface area (Å²) in [4.78, 5) is 4.03. The van der Waals surface area contributed by atoms with Crippen LogP contribution in [0.5, 0.6) is 0 Å². The Morgan fingerprint density at radius 2 is 2.12 bits per heavy atom. The Labute approximate surface area is 69.0 Å². The Kier molecular flexibility index (Phi) is 4.30. The monoisotopic (exact) mass is 222 g/mol. The molecule has 0 amide bonds. The molecule has 0 fully saturated rings. The zero-order valence-electron chi connectivity index (χ0n) is 4.37. The zero-order chi connectivity index (χ0) is 5.11. The van der Waals surface area contributed by atoms with Crippen LogP contribution in [0.25, 0.3) is 0 Å². The average molecular weight is 224 g/mol. The van der Waals surface area contributed by atoms with E-state index in [2.05, 4.69) is 4.98 Å². The number of pyridine rings is 1. The van der Waals surface area contributed by atoms with Crippen molar-refractivity contribution >= 4 is 21.3 Å². The van der Waals surface area contributed by atoms with Crippen molar-refractivity contribution in [2.24, 2.45) is 0 Å². The van der Waals surface area contributed by atoms with Gasteiger partial charge in [-0.2, -0.15) is 0 Å². The molecule has 1 rings (SSSR count). The van der Waals surface area contributed by atoms with Crippen LogP contribution in [0, 0.1) is 0 Å². The van der Waals surface area contributed by atoms with Gasteiger partial charge in [-0.25, -0.2) is 0 Å². The van der Waals surface area contributed by atoms with Crippen LogP contribution in [0.15, 0.2) is 24.4 Å². The minimum absolute atomic E-state index is 0. The number of hydrogen-bond donors (Lipinski definition) is 0. The van der Waals surface area contributed by atoms with Gasteiger partial charge < -0.3 is 0 Å². The Bertz CT molecular complexity index is 142. The maximum absolute atomic E-state index is 4.03. The molecule has 1 heterocycles. The first-order valence-electron chi connectivity index (χ1n) is 2.12. The van der Waals surface area contributed by atoms with Crippen LogP contribution in [0.3, 0.4) is 0 Å². The molecule has 1 aromatic rings. The molecule has 0 aliphatic heterocycles. The van der Waals surface area contributed by atoms with E-state index in [-0.39, 0.29) is 17.0 Å². The average Bonchev–Trinajstić information content (AvgIpc) is 1.69. The Balaban J connectivity index is 0.000000490. The molecule has 0 saturated carbocycles. The van der Waals surface area contributed by atoms with Gasteiger partial charge in [0.15, 0.2) is 0 Å². The molecule has 1 nitrogen and oxygen atoms in total. The first-order valence-corrected chi connectivity index (χ1v) is 3.61. The van der Waals surface area contributed by atoms with E-state index in [0.29, 0.717) is 0 Å². The van der Waals surface area contributed by atoms with Crippen LogP contribution in [-0.4, -0.2) is 4.98 Å². The van der Waals surface area contributed by atoms with Gasteiger partial charge in [0.2, 0.25) is 0 Å². The number of aromatic nitrogens is 1. The third-order valence-electron chi connectivity index (χ3n) is 0.726. The third kappa shape index (κ3) is 2.53. The fourth-order valence-electron chi connectivity index (χ4n) is 0.398. The summed E-state index contributed by atoms with van der Waals surface area (Å²) < 4.78 is 1.20. The quantitative estimate of drug-likeness (QED) is 0.595. The van der Waals surface area contributed by atoms with Crippen molar-refractivity contribution in [2.75, 3.05) is 0 Å². The van der Waals surface area contributed by atoms with Crippen molar-refractivity contribution in [3.8, 4) is 0 Å². The normalized spacial score (nSPS) is 7.75. The second kappa shape index (κ2) is 4.16. The molecule has 0 radical (unpaired) electrons. The molecule has 0 aromatic carbocycles. The first kappa shape index (κ1) is 8.25. The van der Waals surface area contributed by atoms with E-state index in [1.807, 2.05) is 24.4 Å². The van der Waals surface area contributed by atoms with Crippen molar-refractivity contribution in [2.45, 2.75) is 0 Å². The molecule has 8 heavy (non-hydrogen) atoms. The Morgan fingerprint density at radius 3 is 2.38 bits per heavy atom. The van der Waals surface area contributed by atoms with Gasteiger partial charge in [0.1, 0.15) is 0 Å². The fourth-order valence-corrected chi connectivity index (χ4v) is 0.905. The van der Waals surface area contributed by atoms with Gasteiger partial charge in [0.25, 0.3) is 0 Å². The second-order valence-corrected chi connectivity index (χ2v) is 2.84. The van der Waals surface area contributed by atoms with Crippen molar-refractivity contribution < 1.29 is 18.3 Å². The van der Waals surface area contributed by atoms with Gasteiger partial charge in [-0.1, -0.05) is 0 Å². The predicted molar refractivity (Wildman–Crippen MR) is 34.2 cm³/mol. The molecule has 0 spiro atoms. The van der Waals surface area contributed by atoms with Gasteiger partial charge in [-0.3, -0.25) is 0 Å². The van der Waals surface area contributed by atoms with E-state index in [1.165, 1.54) is 4.29 Å². The number of nitrogens with zero attached hydrogens (tertiary/aromatic N) is 1. The summed E-state index contributed by atoms with van der Waals surface area (Å²) in [6.07, 6.45) is 1.82. The molecular weight excluding hydrogens is 219 g/mol. The standard InChI is InChI=1S/C5H4N.BrH.Zn/c1-2-4-6-5-3-1;;/h1-4H;1H;. The van der Waals surface area contributed by atoms with Crippen molar-refractivity contribution in [3.63, 3.8) is 0 Å². The second-order valence-electron chi connectivity index (χ2n) is 1.32. The van der Waals surface area contributed by atoms with Crippen molar-refractivity contribution in [1.29, 1.82) is 0 Å². The number of hydrogen-bond acceptors (Lipinski definition) is 1. The van der Waals surface area contributed by atoms with Crippen molar-refractivity contribution in [1.82, 2.24) is 4.98 Å². The van der Waals surface area contributed by atoms with E-state index >= 15 is 0 Å². The van der Waals surface area contributed by atoms with Crippen molar-refractivity contribution in [3.05, 3.63) is 24.4 Å². The minimum atomic E-state index is 0. The summed E-state index contributed by atoms with van der Waals surface area (Å²) in [6, 6.07) is 5.96. The molecule has 3 heteroatoms. The van der Waals surface area contributed by atoms with Gasteiger partial charge in [-0.15, -0.1) is 17.0 Å². The Hall–Kier alpha value is 0.253. The van der Waals surface area contributed by atoms with Crippen LogP contribution < -0.4 is 4.29 Å². The maximum atomic E-state index is 4.03. The number of halogens is 1. The molecule has 1 aromatic heterocycles. The summed E-state index contributed by atoms with van der Waals surface area (Å²) in [5.74, 6) is 0. The zero-order valence-corrected chi connectivity index (χ0v) is 9.05. The SMILES string of the molecule is Br.[Zn][c]1ccccn1. The first-order chi connectivity index (χ1) is 3.39.